The Bertz CT molecular complexity index is 542. The van der Waals surface area contributed by atoms with E-state index in [9.17, 15) is 4.79 Å². The number of aryl methyl sites for hydroxylation is 1. The molecule has 1 fully saturated rings. The number of nitrogens with one attached hydrogen (secondary N) is 1. The van der Waals surface area contributed by atoms with Crippen molar-refractivity contribution in [2.24, 2.45) is 5.92 Å². The van der Waals surface area contributed by atoms with Crippen molar-refractivity contribution < 1.29 is 9.53 Å². The quantitative estimate of drug-likeness (QED) is 0.837. The molecule has 1 aromatic rings. The molecule has 1 aromatic carbocycles. The highest BCUT2D eigenvalue weighted by Gasteiger charge is 2.26. The van der Waals surface area contributed by atoms with E-state index >= 15 is 0 Å². The lowest BCUT2D eigenvalue weighted by Crippen LogP contribution is -2.30. The van der Waals surface area contributed by atoms with Crippen molar-refractivity contribution >= 4 is 17.3 Å². The lowest BCUT2D eigenvalue weighted by atomic mass is 9.84. The lowest BCUT2D eigenvalue weighted by Gasteiger charge is -2.32. The fourth-order valence-corrected chi connectivity index (χ4v) is 3.48. The van der Waals surface area contributed by atoms with E-state index in [0.29, 0.717) is 18.0 Å². The van der Waals surface area contributed by atoms with E-state index in [0.717, 1.165) is 36.3 Å². The summed E-state index contributed by atoms with van der Waals surface area (Å²) in [5.41, 5.74) is 8.71. The van der Waals surface area contributed by atoms with Crippen LogP contribution in [-0.4, -0.2) is 12.0 Å². The molecule has 1 aliphatic carbocycles. The number of amides is 1. The second kappa shape index (κ2) is 5.96. The summed E-state index contributed by atoms with van der Waals surface area (Å²) < 4.78 is 6.24. The molecule has 4 heteroatoms. The van der Waals surface area contributed by atoms with E-state index in [1.807, 2.05) is 12.1 Å². The van der Waals surface area contributed by atoms with Gasteiger partial charge >= 0.3 is 0 Å². The predicted octanol–water partition coefficient (Wildman–Crippen LogP) is 3.50. The van der Waals surface area contributed by atoms with Gasteiger partial charge in [0, 0.05) is 12.1 Å². The zero-order valence-corrected chi connectivity index (χ0v) is 12.7. The van der Waals surface area contributed by atoms with Gasteiger partial charge in [-0.05, 0) is 55.7 Å². The minimum atomic E-state index is 0.0638. The van der Waals surface area contributed by atoms with Crippen LogP contribution >= 0.6 is 0 Å². The summed E-state index contributed by atoms with van der Waals surface area (Å²) >= 11 is 0. The number of nitrogens with two attached hydrogens (primary N) is 1. The molecule has 2 aliphatic rings. The van der Waals surface area contributed by atoms with E-state index < -0.39 is 0 Å². The Kier molecular flexibility index (Phi) is 4.04. The van der Waals surface area contributed by atoms with Gasteiger partial charge in [-0.15, -0.1) is 0 Å². The van der Waals surface area contributed by atoms with Gasteiger partial charge in [-0.2, -0.15) is 0 Å². The average molecular weight is 288 g/mol. The van der Waals surface area contributed by atoms with Gasteiger partial charge in [0.1, 0.15) is 11.9 Å². The first-order chi connectivity index (χ1) is 10.2. The molecule has 0 radical (unpaired) electrons. The number of anilines is 2. The molecule has 4 nitrogen and oxygen atoms in total. The Labute approximate surface area is 126 Å². The molecule has 0 aromatic heterocycles. The van der Waals surface area contributed by atoms with Crippen molar-refractivity contribution in [3.63, 3.8) is 0 Å². The Morgan fingerprint density at radius 1 is 1.29 bits per heavy atom. The summed E-state index contributed by atoms with van der Waals surface area (Å²) in [5.74, 6) is 1.48. The molecule has 21 heavy (non-hydrogen) atoms. The van der Waals surface area contributed by atoms with Crippen LogP contribution in [0.5, 0.6) is 5.75 Å². The zero-order chi connectivity index (χ0) is 14.8. The van der Waals surface area contributed by atoms with Crippen LogP contribution in [0.2, 0.25) is 0 Å². The van der Waals surface area contributed by atoms with Gasteiger partial charge in [-0.3, -0.25) is 4.79 Å². The van der Waals surface area contributed by atoms with Crippen molar-refractivity contribution in [1.29, 1.82) is 0 Å². The number of fused-ring (bicyclic) bond motifs is 1. The maximum absolute atomic E-state index is 11.4. The van der Waals surface area contributed by atoms with Gasteiger partial charge in [-0.1, -0.05) is 13.3 Å². The molecule has 0 saturated heterocycles. The maximum atomic E-state index is 11.4. The minimum absolute atomic E-state index is 0.0638. The third kappa shape index (κ3) is 2.99. The minimum Gasteiger partial charge on any atom is -0.488 e. The first kappa shape index (κ1) is 14.2. The molecule has 2 atom stereocenters. The Morgan fingerprint density at radius 2 is 2.10 bits per heavy atom. The summed E-state index contributed by atoms with van der Waals surface area (Å²) in [6.07, 6.45) is 7.66. The van der Waals surface area contributed by atoms with Crippen molar-refractivity contribution in [3.8, 4) is 5.75 Å². The summed E-state index contributed by atoms with van der Waals surface area (Å²) in [6, 6.07) is 3.86. The lowest BCUT2D eigenvalue weighted by molar-refractivity contribution is -0.116. The third-order valence-corrected chi connectivity index (χ3v) is 4.77. The van der Waals surface area contributed by atoms with Crippen molar-refractivity contribution in [1.82, 2.24) is 0 Å². The molecule has 1 amide bonds. The van der Waals surface area contributed by atoms with Gasteiger partial charge < -0.3 is 15.8 Å². The third-order valence-electron chi connectivity index (χ3n) is 4.77. The molecule has 3 rings (SSSR count). The van der Waals surface area contributed by atoms with Crippen LogP contribution in [0.1, 0.15) is 51.0 Å². The number of hydrogen-bond donors (Lipinski definition) is 2. The van der Waals surface area contributed by atoms with Crippen LogP contribution in [0, 0.1) is 5.92 Å². The normalized spacial score (nSPS) is 25.1. The van der Waals surface area contributed by atoms with Crippen molar-refractivity contribution in [2.75, 3.05) is 11.1 Å². The molecule has 0 spiro atoms. The smallest absolute Gasteiger partial charge is 0.224 e. The Morgan fingerprint density at radius 3 is 2.90 bits per heavy atom. The van der Waals surface area contributed by atoms with Crippen LogP contribution in [0.15, 0.2) is 12.1 Å². The number of nitrogen functional groups attached to an aromatic ring is 1. The zero-order valence-electron chi connectivity index (χ0n) is 12.7. The van der Waals surface area contributed by atoms with E-state index in [4.69, 9.17) is 10.5 Å². The highest BCUT2D eigenvalue weighted by molar-refractivity contribution is 5.94. The van der Waals surface area contributed by atoms with Crippen LogP contribution < -0.4 is 15.8 Å². The van der Waals surface area contributed by atoms with E-state index in [1.165, 1.54) is 19.3 Å². The van der Waals surface area contributed by atoms with Gasteiger partial charge in [0.05, 0.1) is 5.69 Å². The van der Waals surface area contributed by atoms with Gasteiger partial charge in [0.25, 0.3) is 0 Å². The molecule has 2 unspecified atom stereocenters. The number of rotatable bonds is 3. The number of carbonyl (C=O) groups excluding carboxylic acids is 1. The Balaban J connectivity index is 1.80. The molecular formula is C17H24N2O2. The SMILES string of the molecule is CCC1CCCCC1Oc1cc2c(cc1N)NC(=O)CC2. The van der Waals surface area contributed by atoms with Crippen molar-refractivity contribution in [2.45, 2.75) is 58.0 Å². The summed E-state index contributed by atoms with van der Waals surface area (Å²) in [7, 11) is 0. The molecular weight excluding hydrogens is 264 g/mol. The molecule has 114 valence electrons. The van der Waals surface area contributed by atoms with Gasteiger partial charge in [0.2, 0.25) is 5.91 Å². The summed E-state index contributed by atoms with van der Waals surface area (Å²) in [4.78, 5) is 11.4. The molecule has 0 bridgehead atoms. The fourth-order valence-electron chi connectivity index (χ4n) is 3.48. The highest BCUT2D eigenvalue weighted by atomic mass is 16.5. The number of ether oxygens (including phenoxy) is 1. The van der Waals surface area contributed by atoms with Crippen LogP contribution in [0.4, 0.5) is 11.4 Å². The van der Waals surface area contributed by atoms with Crippen LogP contribution in [0.25, 0.3) is 0 Å². The molecule has 3 N–H and O–H groups in total. The largest absolute Gasteiger partial charge is 0.488 e. The van der Waals surface area contributed by atoms with E-state index in [1.54, 1.807) is 0 Å². The van der Waals surface area contributed by atoms with Crippen LogP contribution in [-0.2, 0) is 11.2 Å². The molecule has 1 saturated carbocycles. The summed E-state index contributed by atoms with van der Waals surface area (Å²) in [5, 5.41) is 2.88. The monoisotopic (exact) mass is 288 g/mol. The number of benzene rings is 1. The highest BCUT2D eigenvalue weighted by Crippen LogP contribution is 2.36. The van der Waals surface area contributed by atoms with Gasteiger partial charge in [-0.25, -0.2) is 0 Å². The van der Waals surface area contributed by atoms with E-state index in [2.05, 4.69) is 12.2 Å². The Hall–Kier alpha value is -1.71. The number of carbonyl (C=O) groups is 1. The first-order valence-electron chi connectivity index (χ1n) is 8.06. The molecule has 1 heterocycles. The average Bonchev–Trinajstić information content (AvgIpc) is 2.49. The fraction of sp³-hybridized carbons (Fsp3) is 0.588. The van der Waals surface area contributed by atoms with Crippen LogP contribution in [0.3, 0.4) is 0 Å². The van der Waals surface area contributed by atoms with Crippen molar-refractivity contribution in [3.05, 3.63) is 17.7 Å². The first-order valence-corrected chi connectivity index (χ1v) is 8.06. The second-order valence-corrected chi connectivity index (χ2v) is 6.20. The van der Waals surface area contributed by atoms with E-state index in [-0.39, 0.29) is 12.0 Å². The maximum Gasteiger partial charge on any atom is 0.224 e. The number of hydrogen-bond acceptors (Lipinski definition) is 3. The second-order valence-electron chi connectivity index (χ2n) is 6.20. The topological polar surface area (TPSA) is 64.3 Å². The molecule has 1 aliphatic heterocycles. The predicted molar refractivity (Wildman–Crippen MR) is 84.5 cm³/mol. The summed E-state index contributed by atoms with van der Waals surface area (Å²) in [6.45, 7) is 2.23. The standard InChI is InChI=1S/C17H24N2O2/c1-2-11-5-3-4-6-15(11)21-16-9-12-7-8-17(20)19-14(12)10-13(16)18/h9-11,15H,2-8,18H2,1H3,(H,19,20). The van der Waals surface area contributed by atoms with Gasteiger partial charge in [0.15, 0.2) is 0 Å².